The van der Waals surface area contributed by atoms with Gasteiger partial charge in [-0.25, -0.2) is 28.3 Å². The Balaban J connectivity index is 1.59. The van der Waals surface area contributed by atoms with Crippen LogP contribution in [0.5, 0.6) is 0 Å². The van der Waals surface area contributed by atoms with Crippen molar-refractivity contribution in [3.8, 4) is 11.5 Å². The number of hydrogen-bond acceptors (Lipinski definition) is 9. The number of halogens is 1. The molecule has 38 heavy (non-hydrogen) atoms. The third-order valence-corrected chi connectivity index (χ3v) is 8.13. The second kappa shape index (κ2) is 10.1. The van der Waals surface area contributed by atoms with Gasteiger partial charge in [-0.3, -0.25) is 0 Å². The molecule has 1 aromatic carbocycles. The molecule has 0 radical (unpaired) electrons. The smallest absolute Gasteiger partial charge is 0.303 e. The molecule has 1 fully saturated rings. The minimum absolute atomic E-state index is 0.0156. The van der Waals surface area contributed by atoms with E-state index in [0.717, 1.165) is 15.0 Å². The van der Waals surface area contributed by atoms with Crippen LogP contribution < -0.4 is 15.8 Å². The summed E-state index contributed by atoms with van der Waals surface area (Å²) < 4.78 is 50.2. The minimum atomic E-state index is -3.99. The molecule has 12 nitrogen and oxygen atoms in total. The van der Waals surface area contributed by atoms with Crippen molar-refractivity contribution in [3.63, 3.8) is 0 Å². The number of pyridine rings is 1. The fraction of sp³-hybridized carbons (Fsp3) is 0.333. The summed E-state index contributed by atoms with van der Waals surface area (Å²) in [5, 5.41) is 5.21. The third kappa shape index (κ3) is 4.73. The molecule has 0 spiro atoms. The molecule has 1 atom stereocenters. The minimum Gasteiger partial charge on any atom is -0.382 e. The molecule has 1 aliphatic rings. The lowest BCUT2D eigenvalue weighted by molar-refractivity contribution is 0.118. The summed E-state index contributed by atoms with van der Waals surface area (Å²) in [6.07, 6.45) is 2.83. The molecular weight excluding hydrogens is 513 g/mol. The van der Waals surface area contributed by atoms with Crippen LogP contribution in [0.15, 0.2) is 42.6 Å². The Morgan fingerprint density at radius 3 is 2.53 bits per heavy atom. The summed E-state index contributed by atoms with van der Waals surface area (Å²) in [6, 6.07) is 9.92. The van der Waals surface area contributed by atoms with Gasteiger partial charge in [0.15, 0.2) is 23.1 Å². The van der Waals surface area contributed by atoms with E-state index in [0.29, 0.717) is 35.3 Å². The Bertz CT molecular complexity index is 1560. The monoisotopic (exact) mass is 541 g/mol. The van der Waals surface area contributed by atoms with Gasteiger partial charge in [-0.2, -0.15) is 17.8 Å². The zero-order chi connectivity index (χ0) is 27.0. The second-order valence-corrected chi connectivity index (χ2v) is 11.2. The van der Waals surface area contributed by atoms with Gasteiger partial charge in [-0.1, -0.05) is 18.2 Å². The van der Waals surface area contributed by atoms with Crippen LogP contribution in [0.3, 0.4) is 0 Å². The van der Waals surface area contributed by atoms with Gasteiger partial charge in [0, 0.05) is 32.5 Å². The lowest BCUT2D eigenvalue weighted by Crippen LogP contribution is -2.44. The van der Waals surface area contributed by atoms with E-state index in [-0.39, 0.29) is 48.2 Å². The lowest BCUT2D eigenvalue weighted by atomic mass is 10.2. The maximum atomic E-state index is 14.3. The lowest BCUT2D eigenvalue weighted by Gasteiger charge is -2.30. The van der Waals surface area contributed by atoms with Crippen molar-refractivity contribution in [1.29, 1.82) is 0 Å². The highest BCUT2D eigenvalue weighted by molar-refractivity contribution is 7.90. The molecule has 4 heterocycles. The van der Waals surface area contributed by atoms with Gasteiger partial charge in [0.05, 0.1) is 24.6 Å². The average molecular weight is 542 g/mol. The molecule has 1 unspecified atom stereocenters. The maximum absolute atomic E-state index is 14.3. The normalized spacial score (nSPS) is 15.9. The van der Waals surface area contributed by atoms with E-state index in [4.69, 9.17) is 16.2 Å². The van der Waals surface area contributed by atoms with Gasteiger partial charge in [0.25, 0.3) is 0 Å². The van der Waals surface area contributed by atoms with Crippen molar-refractivity contribution >= 4 is 38.6 Å². The van der Waals surface area contributed by atoms with E-state index in [2.05, 4.69) is 20.1 Å². The van der Waals surface area contributed by atoms with Crippen molar-refractivity contribution in [2.75, 3.05) is 43.0 Å². The van der Waals surface area contributed by atoms with Crippen molar-refractivity contribution in [1.82, 2.24) is 29.0 Å². The molecule has 1 aliphatic heterocycles. The number of hydrogen-bond donors (Lipinski definition) is 2. The van der Waals surface area contributed by atoms with Crippen LogP contribution in [-0.2, 0) is 21.5 Å². The first-order chi connectivity index (χ1) is 18.2. The number of nitrogens with two attached hydrogens (primary N) is 2. The zero-order valence-electron chi connectivity index (χ0n) is 21.0. The van der Waals surface area contributed by atoms with E-state index in [1.54, 1.807) is 41.2 Å². The van der Waals surface area contributed by atoms with Crippen molar-refractivity contribution in [2.45, 2.75) is 25.5 Å². The number of nitrogens with zero attached hydrogens (tertiary/aromatic N) is 7. The molecule has 3 aromatic heterocycles. The Kier molecular flexibility index (Phi) is 6.86. The molecule has 1 saturated heterocycles. The van der Waals surface area contributed by atoms with E-state index < -0.39 is 10.2 Å². The highest BCUT2D eigenvalue weighted by atomic mass is 32.2. The summed E-state index contributed by atoms with van der Waals surface area (Å²) in [5.41, 5.74) is 13.9. The molecule has 200 valence electrons. The van der Waals surface area contributed by atoms with Crippen LogP contribution in [0.25, 0.3) is 22.6 Å². The molecule has 5 rings (SSSR count). The number of benzene rings is 1. The van der Waals surface area contributed by atoms with Gasteiger partial charge in [-0.05, 0) is 31.0 Å². The highest BCUT2D eigenvalue weighted by Gasteiger charge is 2.34. The van der Waals surface area contributed by atoms with E-state index >= 15 is 0 Å². The molecule has 0 aliphatic carbocycles. The molecule has 0 saturated carbocycles. The molecule has 0 amide bonds. The van der Waals surface area contributed by atoms with Crippen LogP contribution in [-0.4, -0.2) is 70.8 Å². The van der Waals surface area contributed by atoms with Crippen LogP contribution in [0.4, 0.5) is 21.7 Å². The number of anilines is 3. The van der Waals surface area contributed by atoms with E-state index in [1.807, 2.05) is 0 Å². The van der Waals surface area contributed by atoms with Crippen molar-refractivity contribution in [3.05, 3.63) is 54.0 Å². The quantitative estimate of drug-likeness (QED) is 0.340. The average Bonchev–Trinajstić information content (AvgIpc) is 3.52. The number of nitrogen functional groups attached to an aromatic ring is 2. The molecule has 4 aromatic rings. The fourth-order valence-corrected chi connectivity index (χ4v) is 5.56. The summed E-state index contributed by atoms with van der Waals surface area (Å²) in [5.74, 6) is -0.530. The standard InChI is InChI=1S/C24H28FN9O3S/c1-32(2)38(35,36)34(14-16-8-6-12-37-16)20-21(26)29-23(30-22(20)27)19-17-9-5-11-28-24(17)33(31-19)13-15-7-3-4-10-18(15)25/h3-5,7,9-11,16H,6,8,12-14H2,1-2H3,(H4,26,27,29,30). The van der Waals surface area contributed by atoms with Crippen LogP contribution in [0.2, 0.25) is 0 Å². The third-order valence-electron chi connectivity index (χ3n) is 6.32. The van der Waals surface area contributed by atoms with Gasteiger partial charge < -0.3 is 16.2 Å². The van der Waals surface area contributed by atoms with Gasteiger partial charge >= 0.3 is 10.2 Å². The summed E-state index contributed by atoms with van der Waals surface area (Å²) in [7, 11) is -1.15. The predicted octanol–water partition coefficient (Wildman–Crippen LogP) is 2.03. The predicted molar refractivity (Wildman–Crippen MR) is 142 cm³/mol. The topological polar surface area (TPSA) is 158 Å². The van der Waals surface area contributed by atoms with Crippen molar-refractivity contribution in [2.24, 2.45) is 0 Å². The summed E-state index contributed by atoms with van der Waals surface area (Å²) >= 11 is 0. The molecule has 14 heteroatoms. The SMILES string of the molecule is CN(C)S(=O)(=O)N(CC1CCCO1)c1c(N)nc(-c2nn(Cc3ccccc3F)c3ncccc23)nc1N. The summed E-state index contributed by atoms with van der Waals surface area (Å²) in [6.45, 7) is 0.693. The molecular formula is C24H28FN9O3S. The van der Waals surface area contributed by atoms with Crippen LogP contribution in [0, 0.1) is 5.82 Å². The maximum Gasteiger partial charge on any atom is 0.303 e. The first-order valence-corrected chi connectivity index (χ1v) is 13.4. The van der Waals surface area contributed by atoms with E-state index in [1.165, 1.54) is 20.2 Å². The largest absolute Gasteiger partial charge is 0.382 e. The fourth-order valence-electron chi connectivity index (χ4n) is 4.40. The Morgan fingerprint density at radius 1 is 1.13 bits per heavy atom. The Hall–Kier alpha value is -3.88. The number of rotatable bonds is 8. The van der Waals surface area contributed by atoms with Crippen molar-refractivity contribution < 1.29 is 17.5 Å². The van der Waals surface area contributed by atoms with Gasteiger partial charge in [-0.15, -0.1) is 0 Å². The number of ether oxygens (including phenoxy) is 1. The molecule has 4 N–H and O–H groups in total. The van der Waals surface area contributed by atoms with Crippen LogP contribution >= 0.6 is 0 Å². The Labute approximate surface area is 219 Å². The summed E-state index contributed by atoms with van der Waals surface area (Å²) in [4.78, 5) is 13.2. The number of aromatic nitrogens is 5. The van der Waals surface area contributed by atoms with Gasteiger partial charge in [0.1, 0.15) is 17.2 Å². The second-order valence-electron chi connectivity index (χ2n) is 9.09. The molecule has 0 bridgehead atoms. The Morgan fingerprint density at radius 2 is 1.87 bits per heavy atom. The van der Waals surface area contributed by atoms with Crippen LogP contribution in [0.1, 0.15) is 18.4 Å². The van der Waals surface area contributed by atoms with E-state index in [9.17, 15) is 12.8 Å². The number of fused-ring (bicyclic) bond motifs is 1. The van der Waals surface area contributed by atoms with Gasteiger partial charge in [0.2, 0.25) is 0 Å². The first kappa shape index (κ1) is 25.8. The zero-order valence-corrected chi connectivity index (χ0v) is 21.8. The first-order valence-electron chi connectivity index (χ1n) is 12.0. The highest BCUT2D eigenvalue weighted by Crippen LogP contribution is 2.35.